The Morgan fingerprint density at radius 2 is 2.44 bits per heavy atom. The monoisotopic (exact) mass is 232 g/mol. The van der Waals surface area contributed by atoms with Crippen molar-refractivity contribution in [3.63, 3.8) is 0 Å². The second-order valence-corrected chi connectivity index (χ2v) is 4.23. The molecule has 1 aromatic heterocycles. The van der Waals surface area contributed by atoms with Gasteiger partial charge in [-0.1, -0.05) is 26.8 Å². The van der Waals surface area contributed by atoms with E-state index in [0.29, 0.717) is 0 Å². The van der Waals surface area contributed by atoms with Gasteiger partial charge in [0.25, 0.3) is 0 Å². The minimum absolute atomic E-state index is 0.127. The van der Waals surface area contributed by atoms with Crippen molar-refractivity contribution < 1.29 is 4.42 Å². The predicted octanol–water partition coefficient (Wildman–Crippen LogP) is 2.25. The first-order valence-electron chi connectivity index (χ1n) is 2.67. The minimum Gasteiger partial charge on any atom is -0.464 e. The summed E-state index contributed by atoms with van der Waals surface area (Å²) in [6.45, 7) is 0. The average Bonchev–Trinajstić information content (AvgIpc) is 2.33. The molecule has 2 heteroatoms. The number of rotatable bonds is 0. The van der Waals surface area contributed by atoms with Crippen molar-refractivity contribution in [2.24, 2.45) is 0 Å². The molecule has 1 aromatic rings. The summed E-state index contributed by atoms with van der Waals surface area (Å²) in [7, 11) is 0. The maximum atomic E-state index is 5.18. The van der Waals surface area contributed by atoms with Crippen LogP contribution in [0.15, 0.2) is 22.8 Å². The Balaban J connectivity index is 2.68. The first-order valence-corrected chi connectivity index (χ1v) is 5.00. The highest BCUT2D eigenvalue weighted by Crippen LogP contribution is 2.21. The number of halogens is 1. The van der Waals surface area contributed by atoms with Gasteiger partial charge in [0.2, 0.25) is 0 Å². The van der Waals surface area contributed by atoms with Gasteiger partial charge < -0.3 is 4.42 Å². The van der Waals surface area contributed by atoms with Crippen LogP contribution in [0.4, 0.5) is 0 Å². The molecule has 0 unspecified atom stereocenters. The van der Waals surface area contributed by atoms with Gasteiger partial charge in [-0.25, -0.2) is 0 Å². The van der Waals surface area contributed by atoms with Crippen LogP contribution in [0, 0.1) is 3.57 Å². The van der Waals surface area contributed by atoms with Crippen molar-refractivity contribution in [2.45, 2.75) is 0 Å². The molecule has 0 saturated heterocycles. The molecule has 0 radical (unpaired) electrons. The summed E-state index contributed by atoms with van der Waals surface area (Å²) in [5.74, 6) is 1.06. The van der Waals surface area contributed by atoms with Gasteiger partial charge >= 0.3 is 0 Å². The smallest absolute Gasteiger partial charge is 0.139 e. The first-order chi connectivity index (χ1) is 4.47. The van der Waals surface area contributed by atoms with E-state index in [1.807, 2.05) is 6.08 Å². The van der Waals surface area contributed by atoms with Crippen molar-refractivity contribution in [3.8, 4) is 0 Å². The third-order valence-corrected chi connectivity index (χ3v) is 3.48. The Bertz CT molecular complexity index is 244. The summed E-state index contributed by atoms with van der Waals surface area (Å²) < 4.78 is 8.81. The quantitative estimate of drug-likeness (QED) is 0.625. The number of fused-ring (bicyclic) bond motifs is 1. The predicted molar refractivity (Wildman–Crippen MR) is 46.5 cm³/mol. The zero-order chi connectivity index (χ0) is 6.10. The van der Waals surface area contributed by atoms with E-state index in [0.717, 1.165) is 5.76 Å². The molecule has 0 amide bonds. The second-order valence-electron chi connectivity index (χ2n) is 1.73. The normalized spacial score (nSPS) is 14.7. The summed E-state index contributed by atoms with van der Waals surface area (Å²) in [6, 6.07) is 2.06. The molecule has 0 aliphatic carbocycles. The van der Waals surface area contributed by atoms with Crippen molar-refractivity contribution in [1.29, 1.82) is 0 Å². The lowest BCUT2D eigenvalue weighted by Gasteiger charge is -1.91. The highest BCUT2D eigenvalue weighted by atomic mass is 127. The first kappa shape index (κ1) is 5.41. The minimum atomic E-state index is 0.127. The van der Waals surface area contributed by atoms with Gasteiger partial charge in [-0.05, 0) is 16.2 Å². The fraction of sp³-hybridized carbons (Fsp3) is 0. The average molecular weight is 232 g/mol. The molecule has 1 aliphatic heterocycles. The van der Waals surface area contributed by atoms with E-state index < -0.39 is 0 Å². The third kappa shape index (κ3) is 0.871. The maximum absolute atomic E-state index is 5.18. The van der Waals surface area contributed by atoms with E-state index in [9.17, 15) is 0 Å². The van der Waals surface area contributed by atoms with Crippen LogP contribution >= 0.6 is 20.7 Å². The maximum Gasteiger partial charge on any atom is 0.139 e. The zero-order valence-electron chi connectivity index (χ0n) is 4.67. The lowest BCUT2D eigenvalue weighted by Crippen LogP contribution is -1.75. The number of furan rings is 1. The van der Waals surface area contributed by atoms with Gasteiger partial charge in [0.05, 0.1) is 9.83 Å². The molecule has 0 saturated carbocycles. The van der Waals surface area contributed by atoms with Crippen LogP contribution in [0.3, 0.4) is 0 Å². The number of allylic oxidation sites excluding steroid dienone is 1. The molecule has 2 heterocycles. The molecule has 0 bridgehead atoms. The Hall–Kier alpha value is -0.380. The summed E-state index contributed by atoms with van der Waals surface area (Å²) in [6.07, 6.45) is 5.84. The van der Waals surface area contributed by atoms with Gasteiger partial charge in [-0.3, -0.25) is 0 Å². The summed E-state index contributed by atoms with van der Waals surface area (Å²) in [5, 5.41) is 0. The number of hydrogen-bond donors (Lipinski definition) is 0. The van der Waals surface area contributed by atoms with Crippen molar-refractivity contribution >= 4 is 30.8 Å². The molecule has 9 heavy (non-hydrogen) atoms. The van der Waals surface area contributed by atoms with Gasteiger partial charge in [0, 0.05) is 0 Å². The highest BCUT2D eigenvalue weighted by Gasteiger charge is 2.00. The summed E-state index contributed by atoms with van der Waals surface area (Å²) in [4.78, 5) is 0. The number of hydrogen-bond acceptors (Lipinski definition) is 1. The topological polar surface area (TPSA) is 13.1 Å². The van der Waals surface area contributed by atoms with E-state index in [-0.39, 0.29) is 20.7 Å². The molecule has 0 spiro atoms. The largest absolute Gasteiger partial charge is 0.464 e. The van der Waals surface area contributed by atoms with E-state index >= 15 is 0 Å². The van der Waals surface area contributed by atoms with E-state index in [2.05, 4.69) is 16.2 Å². The Kier molecular flexibility index (Phi) is 1.26. The highest BCUT2D eigenvalue weighted by molar-refractivity contribution is 14.2. The molecule has 0 fully saturated rings. The van der Waals surface area contributed by atoms with Crippen LogP contribution in [-0.2, 0) is 0 Å². The van der Waals surface area contributed by atoms with Crippen LogP contribution in [-0.4, -0.2) is 4.01 Å². The molecule has 0 aromatic carbocycles. The van der Waals surface area contributed by atoms with Gasteiger partial charge in [0.15, 0.2) is 0 Å². The van der Waals surface area contributed by atoms with Crippen LogP contribution in [0.25, 0.3) is 6.08 Å². The standard InChI is InChI=1S/C7H5IO/c1-2-7-6(8-4-1)3-5-9-7/h1-5H. The SMILES string of the molecule is C1=Cc2occc2I=C1. The Morgan fingerprint density at radius 3 is 3.33 bits per heavy atom. The molecule has 1 aliphatic rings. The molecular weight excluding hydrogens is 227 g/mol. The van der Waals surface area contributed by atoms with Gasteiger partial charge in [0.1, 0.15) is 5.76 Å². The van der Waals surface area contributed by atoms with Crippen molar-refractivity contribution in [1.82, 2.24) is 0 Å². The fourth-order valence-electron chi connectivity index (χ4n) is 0.743. The van der Waals surface area contributed by atoms with Crippen LogP contribution in [0.2, 0.25) is 0 Å². The molecule has 1 nitrogen and oxygen atoms in total. The molecule has 46 valence electrons. The molecule has 0 atom stereocenters. The van der Waals surface area contributed by atoms with Crippen LogP contribution in [0.1, 0.15) is 5.76 Å². The molecule has 2 rings (SSSR count). The Labute approximate surface area is 63.1 Å². The van der Waals surface area contributed by atoms with Crippen molar-refractivity contribution in [3.05, 3.63) is 27.7 Å². The summed E-state index contributed by atoms with van der Waals surface area (Å²) >= 11 is 0.127. The van der Waals surface area contributed by atoms with E-state index in [1.165, 1.54) is 3.57 Å². The van der Waals surface area contributed by atoms with E-state index in [1.54, 1.807) is 6.26 Å². The second kappa shape index (κ2) is 2.10. The van der Waals surface area contributed by atoms with E-state index in [4.69, 9.17) is 4.42 Å². The van der Waals surface area contributed by atoms with Crippen LogP contribution in [0.5, 0.6) is 0 Å². The zero-order valence-corrected chi connectivity index (χ0v) is 6.83. The van der Waals surface area contributed by atoms with Gasteiger partial charge in [-0.2, -0.15) is 0 Å². The lowest BCUT2D eigenvalue weighted by molar-refractivity contribution is 0.555. The van der Waals surface area contributed by atoms with Crippen LogP contribution < -0.4 is 0 Å². The lowest BCUT2D eigenvalue weighted by atomic mass is 10.4. The fourth-order valence-corrected chi connectivity index (χ4v) is 2.51. The van der Waals surface area contributed by atoms with Crippen molar-refractivity contribution in [2.75, 3.05) is 0 Å². The Morgan fingerprint density at radius 1 is 1.44 bits per heavy atom. The summed E-state index contributed by atoms with van der Waals surface area (Å²) in [5.41, 5.74) is 0. The third-order valence-electron chi connectivity index (χ3n) is 1.15. The molecular formula is C7H5IO. The molecule has 0 N–H and O–H groups in total. The van der Waals surface area contributed by atoms with Gasteiger partial charge in [-0.15, -0.1) is 0 Å².